The normalized spacial score (nSPS) is 10.6. The third-order valence-corrected chi connectivity index (χ3v) is 4.63. The minimum Gasteiger partial charge on any atom is -0.477 e. The Morgan fingerprint density at radius 2 is 1.77 bits per heavy atom. The molecule has 0 saturated heterocycles. The summed E-state index contributed by atoms with van der Waals surface area (Å²) in [6.07, 6.45) is 1.61. The lowest BCUT2D eigenvalue weighted by molar-refractivity contribution is -0.385. The van der Waals surface area contributed by atoms with Gasteiger partial charge in [-0.15, -0.1) is 0 Å². The third kappa shape index (κ3) is 5.20. The van der Waals surface area contributed by atoms with E-state index in [4.69, 9.17) is 4.74 Å². The number of ether oxygens (including phenoxy) is 1. The molecule has 7 heteroatoms. The van der Waals surface area contributed by atoms with Crippen LogP contribution >= 0.6 is 0 Å². The van der Waals surface area contributed by atoms with Crippen LogP contribution in [0.25, 0.3) is 0 Å². The van der Waals surface area contributed by atoms with Crippen molar-refractivity contribution >= 4 is 17.4 Å². The summed E-state index contributed by atoms with van der Waals surface area (Å²) in [5.74, 6) is 0.613. The number of amides is 1. The third-order valence-electron chi connectivity index (χ3n) is 4.63. The number of nitro benzene ring substituents is 1. The number of rotatable bonds is 8. The Labute approximate surface area is 175 Å². The maximum absolute atomic E-state index is 13.0. The zero-order valence-electron chi connectivity index (χ0n) is 16.9. The van der Waals surface area contributed by atoms with E-state index < -0.39 is 4.92 Å². The summed E-state index contributed by atoms with van der Waals surface area (Å²) in [5, 5.41) is 11.2. The summed E-state index contributed by atoms with van der Waals surface area (Å²) < 4.78 is 5.49. The second-order valence-electron chi connectivity index (χ2n) is 7.08. The molecule has 0 aliphatic heterocycles. The number of nitro groups is 1. The Kier molecular flexibility index (Phi) is 6.75. The Morgan fingerprint density at radius 1 is 1.07 bits per heavy atom. The van der Waals surface area contributed by atoms with Crippen LogP contribution in [0.2, 0.25) is 0 Å². The van der Waals surface area contributed by atoms with Gasteiger partial charge in [0.25, 0.3) is 5.91 Å². The largest absolute Gasteiger partial charge is 0.477 e. The molecule has 154 valence electrons. The van der Waals surface area contributed by atoms with Crippen LogP contribution in [0.1, 0.15) is 30.9 Å². The van der Waals surface area contributed by atoms with Gasteiger partial charge < -0.3 is 4.74 Å². The van der Waals surface area contributed by atoms with Gasteiger partial charge in [-0.1, -0.05) is 56.3 Å². The number of carbonyl (C=O) groups is 1. The molecule has 0 atom stereocenters. The van der Waals surface area contributed by atoms with Crippen molar-refractivity contribution in [3.8, 4) is 5.75 Å². The van der Waals surface area contributed by atoms with Crippen molar-refractivity contribution in [2.75, 3.05) is 11.5 Å². The molecular weight excluding hydrogens is 382 g/mol. The van der Waals surface area contributed by atoms with E-state index in [2.05, 4.69) is 18.8 Å². The molecule has 0 bridgehead atoms. The lowest BCUT2D eigenvalue weighted by Crippen LogP contribution is -2.35. The topological polar surface area (TPSA) is 85.6 Å². The van der Waals surface area contributed by atoms with Gasteiger partial charge in [0.15, 0.2) is 12.4 Å². The van der Waals surface area contributed by atoms with Gasteiger partial charge in [0, 0.05) is 12.3 Å². The van der Waals surface area contributed by atoms with Gasteiger partial charge in [0.2, 0.25) is 0 Å². The van der Waals surface area contributed by atoms with Crippen LogP contribution < -0.4 is 9.64 Å². The maximum atomic E-state index is 13.0. The number of hydrogen-bond donors (Lipinski definition) is 0. The molecular formula is C23H23N3O4. The van der Waals surface area contributed by atoms with Crippen LogP contribution in [-0.2, 0) is 11.3 Å². The molecule has 7 nitrogen and oxygen atoms in total. The maximum Gasteiger partial charge on any atom is 0.310 e. The van der Waals surface area contributed by atoms with Crippen LogP contribution in [-0.4, -0.2) is 22.4 Å². The quantitative estimate of drug-likeness (QED) is 0.400. The van der Waals surface area contributed by atoms with Gasteiger partial charge in [0.05, 0.1) is 11.5 Å². The van der Waals surface area contributed by atoms with E-state index in [0.717, 1.165) is 5.56 Å². The molecule has 0 saturated carbocycles. The predicted molar refractivity (Wildman–Crippen MR) is 115 cm³/mol. The van der Waals surface area contributed by atoms with E-state index in [9.17, 15) is 14.9 Å². The van der Waals surface area contributed by atoms with Crippen molar-refractivity contribution < 1.29 is 14.5 Å². The van der Waals surface area contributed by atoms with E-state index in [1.54, 1.807) is 36.5 Å². The summed E-state index contributed by atoms with van der Waals surface area (Å²) in [6.45, 7) is 4.22. The second-order valence-corrected chi connectivity index (χ2v) is 7.08. The Hall–Kier alpha value is -3.74. The van der Waals surface area contributed by atoms with Crippen LogP contribution in [0.3, 0.4) is 0 Å². The van der Waals surface area contributed by atoms with Gasteiger partial charge in [-0.05, 0) is 35.2 Å². The Bertz CT molecular complexity index is 1000. The number of para-hydroxylation sites is 2. The zero-order chi connectivity index (χ0) is 21.5. The molecule has 0 aliphatic rings. The first-order valence-electron chi connectivity index (χ1n) is 9.62. The average Bonchev–Trinajstić information content (AvgIpc) is 2.76. The molecule has 0 aliphatic carbocycles. The molecule has 0 N–H and O–H groups in total. The minimum atomic E-state index is -0.535. The molecule has 1 aromatic heterocycles. The van der Waals surface area contributed by atoms with Crippen molar-refractivity contribution in [3.63, 3.8) is 0 Å². The Balaban J connectivity index is 1.79. The molecule has 3 rings (SSSR count). The first kappa shape index (κ1) is 21.0. The highest BCUT2D eigenvalue weighted by molar-refractivity contribution is 5.93. The summed E-state index contributed by atoms with van der Waals surface area (Å²) in [7, 11) is 0. The van der Waals surface area contributed by atoms with Crippen molar-refractivity contribution in [1.82, 2.24) is 4.98 Å². The molecule has 1 heterocycles. The second kappa shape index (κ2) is 9.65. The van der Waals surface area contributed by atoms with Crippen molar-refractivity contribution in [2.45, 2.75) is 26.3 Å². The highest BCUT2D eigenvalue weighted by atomic mass is 16.6. The number of pyridine rings is 1. The van der Waals surface area contributed by atoms with E-state index in [0.29, 0.717) is 18.3 Å². The van der Waals surface area contributed by atoms with E-state index >= 15 is 0 Å². The van der Waals surface area contributed by atoms with E-state index in [1.165, 1.54) is 22.6 Å². The molecule has 0 fully saturated rings. The smallest absolute Gasteiger partial charge is 0.310 e. The SMILES string of the molecule is CC(C)c1ccc(CN(C(=O)COc2ccccc2[N+](=O)[O-])c2ccccn2)cc1. The molecule has 0 spiro atoms. The molecule has 0 radical (unpaired) electrons. The molecule has 30 heavy (non-hydrogen) atoms. The zero-order valence-corrected chi connectivity index (χ0v) is 16.9. The number of benzene rings is 2. The summed E-state index contributed by atoms with van der Waals surface area (Å²) in [6, 6.07) is 19.4. The van der Waals surface area contributed by atoms with Gasteiger partial charge >= 0.3 is 5.69 Å². The van der Waals surface area contributed by atoms with Crippen LogP contribution in [0.5, 0.6) is 5.75 Å². The minimum absolute atomic E-state index is 0.0538. The highest BCUT2D eigenvalue weighted by Crippen LogP contribution is 2.26. The first-order valence-corrected chi connectivity index (χ1v) is 9.62. The van der Waals surface area contributed by atoms with Crippen LogP contribution in [0, 0.1) is 10.1 Å². The van der Waals surface area contributed by atoms with Crippen LogP contribution in [0.15, 0.2) is 72.9 Å². The van der Waals surface area contributed by atoms with Crippen molar-refractivity contribution in [1.29, 1.82) is 0 Å². The number of nitrogens with zero attached hydrogens (tertiary/aromatic N) is 3. The fraction of sp³-hybridized carbons (Fsp3) is 0.217. The lowest BCUT2D eigenvalue weighted by Gasteiger charge is -2.22. The fourth-order valence-corrected chi connectivity index (χ4v) is 2.95. The monoisotopic (exact) mass is 405 g/mol. The van der Waals surface area contributed by atoms with Crippen molar-refractivity contribution in [2.24, 2.45) is 0 Å². The number of anilines is 1. The van der Waals surface area contributed by atoms with Crippen LogP contribution in [0.4, 0.5) is 11.5 Å². The molecule has 3 aromatic rings. The number of hydrogen-bond acceptors (Lipinski definition) is 5. The number of carbonyl (C=O) groups excluding carboxylic acids is 1. The molecule has 2 aromatic carbocycles. The van der Waals surface area contributed by atoms with E-state index in [1.807, 2.05) is 24.3 Å². The van der Waals surface area contributed by atoms with E-state index in [-0.39, 0.29) is 24.0 Å². The average molecular weight is 405 g/mol. The van der Waals surface area contributed by atoms with Gasteiger partial charge in [-0.25, -0.2) is 4.98 Å². The summed E-state index contributed by atoms with van der Waals surface area (Å²) >= 11 is 0. The van der Waals surface area contributed by atoms with Gasteiger partial charge in [-0.3, -0.25) is 19.8 Å². The number of aromatic nitrogens is 1. The standard InChI is InChI=1S/C23H23N3O4/c1-17(2)19-12-10-18(11-13-19)15-25(22-9-5-6-14-24-22)23(27)16-30-21-8-4-3-7-20(21)26(28)29/h3-14,17H,15-16H2,1-2H3. The molecule has 0 unspecified atom stereocenters. The van der Waals surface area contributed by atoms with Gasteiger partial charge in [0.1, 0.15) is 5.82 Å². The summed E-state index contributed by atoms with van der Waals surface area (Å²) in [4.78, 5) is 29.4. The Morgan fingerprint density at radius 3 is 2.40 bits per heavy atom. The predicted octanol–water partition coefficient (Wildman–Crippen LogP) is 4.73. The highest BCUT2D eigenvalue weighted by Gasteiger charge is 2.20. The first-order chi connectivity index (χ1) is 14.5. The van der Waals surface area contributed by atoms with Gasteiger partial charge in [-0.2, -0.15) is 0 Å². The molecule has 1 amide bonds. The fourth-order valence-electron chi connectivity index (χ4n) is 2.95. The summed E-state index contributed by atoms with van der Waals surface area (Å²) in [5.41, 5.74) is 1.98. The lowest BCUT2D eigenvalue weighted by atomic mass is 10.0. The van der Waals surface area contributed by atoms with Crippen molar-refractivity contribution in [3.05, 3.63) is 94.2 Å².